The summed E-state index contributed by atoms with van der Waals surface area (Å²) in [6, 6.07) is 104. The normalized spacial score (nSPS) is 11.8. The van der Waals surface area contributed by atoms with Crippen LogP contribution in [0.5, 0.6) is 0 Å². The smallest absolute Gasteiger partial charge is 0.137 e. The molecule has 0 fully saturated rings. The lowest BCUT2D eigenvalue weighted by Crippen LogP contribution is -2.02. The van der Waals surface area contributed by atoms with Gasteiger partial charge in [-0.1, -0.05) is 194 Å². The molecule has 16 rings (SSSR count). The summed E-state index contributed by atoms with van der Waals surface area (Å²) in [5, 5.41) is 8.23. The summed E-state index contributed by atoms with van der Waals surface area (Å²) in [4.78, 5) is 0. The van der Waals surface area contributed by atoms with Gasteiger partial charge in [-0.25, -0.2) is 0 Å². The van der Waals surface area contributed by atoms with Crippen LogP contribution in [0.4, 0.5) is 0 Å². The molecular formula is C74H47N3O. The average molecular weight is 994 g/mol. The van der Waals surface area contributed by atoms with Gasteiger partial charge in [0.15, 0.2) is 0 Å². The van der Waals surface area contributed by atoms with Crippen LogP contribution in [0, 0.1) is 0 Å². The molecule has 0 aliphatic carbocycles. The van der Waals surface area contributed by atoms with E-state index >= 15 is 0 Å². The Morgan fingerprint density at radius 1 is 0.205 bits per heavy atom. The van der Waals surface area contributed by atoms with E-state index in [1.165, 1.54) is 82.5 Å². The number of furan rings is 1. The molecule has 0 bridgehead atoms. The first kappa shape index (κ1) is 43.9. The van der Waals surface area contributed by atoms with Gasteiger partial charge in [-0.15, -0.1) is 0 Å². The highest BCUT2D eigenvalue weighted by Crippen LogP contribution is 2.44. The lowest BCUT2D eigenvalue weighted by Gasteiger charge is -2.14. The Hall–Kier alpha value is -10.4. The molecule has 4 heteroatoms. The number of hydrogen-bond donors (Lipinski definition) is 0. The molecule has 0 atom stereocenters. The molecule has 0 saturated carbocycles. The Morgan fingerprint density at radius 2 is 0.628 bits per heavy atom. The third-order valence-electron chi connectivity index (χ3n) is 16.0. The molecular weight excluding hydrogens is 947 g/mol. The van der Waals surface area contributed by atoms with Crippen molar-refractivity contribution >= 4 is 76.6 Å². The number of para-hydroxylation sites is 3. The lowest BCUT2D eigenvalue weighted by atomic mass is 9.94. The predicted octanol–water partition coefficient (Wildman–Crippen LogP) is 20.1. The first-order valence-corrected chi connectivity index (χ1v) is 26.7. The van der Waals surface area contributed by atoms with Crippen molar-refractivity contribution in [2.75, 3.05) is 0 Å². The number of fused-ring (bicyclic) bond motifs is 11. The van der Waals surface area contributed by atoms with Gasteiger partial charge in [0.1, 0.15) is 16.8 Å². The van der Waals surface area contributed by atoms with E-state index in [2.05, 4.69) is 299 Å². The highest BCUT2D eigenvalue weighted by atomic mass is 16.3. The monoisotopic (exact) mass is 993 g/mol. The Labute approximate surface area is 450 Å². The van der Waals surface area contributed by atoms with Gasteiger partial charge in [-0.2, -0.15) is 0 Å². The van der Waals surface area contributed by atoms with Crippen molar-refractivity contribution in [2.45, 2.75) is 0 Å². The summed E-state index contributed by atoms with van der Waals surface area (Å²) in [6.07, 6.45) is 0. The molecule has 0 unspecified atom stereocenters. The van der Waals surface area contributed by atoms with E-state index in [1.807, 2.05) is 0 Å². The van der Waals surface area contributed by atoms with E-state index < -0.39 is 0 Å². The van der Waals surface area contributed by atoms with Crippen LogP contribution in [0.15, 0.2) is 290 Å². The molecule has 4 heterocycles. The van der Waals surface area contributed by atoms with Gasteiger partial charge in [0.2, 0.25) is 0 Å². The molecule has 78 heavy (non-hydrogen) atoms. The molecule has 0 spiro atoms. The molecule has 0 aliphatic rings. The van der Waals surface area contributed by atoms with Gasteiger partial charge in [0.05, 0.1) is 27.8 Å². The molecule has 4 aromatic heterocycles. The van der Waals surface area contributed by atoms with Gasteiger partial charge in [-0.05, 0) is 141 Å². The highest BCUT2D eigenvalue weighted by Gasteiger charge is 2.24. The zero-order valence-electron chi connectivity index (χ0n) is 42.4. The van der Waals surface area contributed by atoms with Gasteiger partial charge >= 0.3 is 0 Å². The fourth-order valence-electron chi connectivity index (χ4n) is 12.4. The number of aromatic nitrogens is 3. The molecule has 0 aliphatic heterocycles. The quantitative estimate of drug-likeness (QED) is 0.149. The van der Waals surface area contributed by atoms with E-state index in [-0.39, 0.29) is 0 Å². The Balaban J connectivity index is 0.844. The lowest BCUT2D eigenvalue weighted by molar-refractivity contribution is 0.668. The number of rotatable bonds is 8. The summed E-state index contributed by atoms with van der Waals surface area (Å²) in [6.45, 7) is 0. The fraction of sp³-hybridized carbons (Fsp3) is 0. The standard InChI is InChI=1S/C74H47N3O/c1-4-17-48(18-5-1)50-21-14-22-51(41-50)52-23-15-24-53(42-52)54-25-16-26-55(43-54)56-34-40-71-66(44-56)63-38-35-60(47-72(63)78-71)77-70-46-59(36-39-65(70)73-64-30-11-13-32-68(64)76(74(73)77)58-27-8-3-9-28-58)75-67-31-12-10-29-61(67)62-37-33-57(45-69(62)75)49-19-6-2-7-20-49/h1-47H. The van der Waals surface area contributed by atoms with Crippen LogP contribution in [-0.2, 0) is 0 Å². The van der Waals surface area contributed by atoms with Crippen LogP contribution in [0.3, 0.4) is 0 Å². The first-order valence-electron chi connectivity index (χ1n) is 26.7. The SMILES string of the molecule is c1ccc(-c2cccc(-c3cccc(-c4cccc(-c5ccc6oc7cc(-n8c9cc(-n%10c%11ccccc%11c%11ccc(-c%12ccccc%12)cc%11%10)ccc9c9c%10ccccc%10n(-c%10ccccc%10)c98)ccc7c6c5)c4)c3)c2)cc1. The maximum absolute atomic E-state index is 6.87. The maximum atomic E-state index is 6.87. The average Bonchev–Trinajstić information content (AvgIpc) is 4.40. The van der Waals surface area contributed by atoms with Crippen LogP contribution >= 0.6 is 0 Å². The Bertz CT molecular complexity index is 5020. The largest absolute Gasteiger partial charge is 0.456 e. The fourth-order valence-corrected chi connectivity index (χ4v) is 12.4. The zero-order chi connectivity index (χ0) is 51.3. The number of benzene rings is 12. The summed E-state index contributed by atoms with van der Waals surface area (Å²) in [7, 11) is 0. The molecule has 4 nitrogen and oxygen atoms in total. The van der Waals surface area contributed by atoms with Crippen molar-refractivity contribution in [1.29, 1.82) is 0 Å². The van der Waals surface area contributed by atoms with Crippen molar-refractivity contribution in [3.8, 4) is 72.7 Å². The number of hydrogen-bond acceptors (Lipinski definition) is 1. The second-order valence-corrected chi connectivity index (χ2v) is 20.5. The van der Waals surface area contributed by atoms with Gasteiger partial charge < -0.3 is 8.98 Å². The van der Waals surface area contributed by atoms with E-state index in [0.29, 0.717) is 0 Å². The summed E-state index contributed by atoms with van der Waals surface area (Å²) >= 11 is 0. The van der Waals surface area contributed by atoms with E-state index in [4.69, 9.17) is 4.42 Å². The van der Waals surface area contributed by atoms with Crippen LogP contribution in [0.25, 0.3) is 149 Å². The summed E-state index contributed by atoms with van der Waals surface area (Å²) in [5.41, 5.74) is 22.5. The van der Waals surface area contributed by atoms with E-state index in [0.717, 1.165) is 66.8 Å². The van der Waals surface area contributed by atoms with E-state index in [1.54, 1.807) is 0 Å². The Kier molecular flexibility index (Phi) is 9.91. The predicted molar refractivity (Wildman–Crippen MR) is 326 cm³/mol. The molecule has 12 aromatic carbocycles. The van der Waals surface area contributed by atoms with Crippen molar-refractivity contribution in [3.05, 3.63) is 285 Å². The van der Waals surface area contributed by atoms with Crippen molar-refractivity contribution in [2.24, 2.45) is 0 Å². The van der Waals surface area contributed by atoms with Gasteiger partial charge in [-0.3, -0.25) is 9.13 Å². The molecule has 0 saturated heterocycles. The van der Waals surface area contributed by atoms with Crippen LogP contribution in [-0.4, -0.2) is 13.7 Å². The Morgan fingerprint density at radius 3 is 1.27 bits per heavy atom. The van der Waals surface area contributed by atoms with Gasteiger partial charge in [0.25, 0.3) is 0 Å². The third-order valence-corrected chi connectivity index (χ3v) is 16.0. The van der Waals surface area contributed by atoms with Crippen LogP contribution in [0.2, 0.25) is 0 Å². The van der Waals surface area contributed by atoms with Crippen molar-refractivity contribution < 1.29 is 4.42 Å². The zero-order valence-corrected chi connectivity index (χ0v) is 42.4. The molecule has 16 aromatic rings. The minimum atomic E-state index is 0.839. The third kappa shape index (κ3) is 7.01. The van der Waals surface area contributed by atoms with Crippen molar-refractivity contribution in [3.63, 3.8) is 0 Å². The van der Waals surface area contributed by atoms with E-state index in [9.17, 15) is 0 Å². The summed E-state index contributed by atoms with van der Waals surface area (Å²) in [5.74, 6) is 0. The first-order chi connectivity index (χ1) is 38.7. The van der Waals surface area contributed by atoms with Crippen LogP contribution < -0.4 is 0 Å². The summed E-state index contributed by atoms with van der Waals surface area (Å²) < 4.78 is 14.2. The molecule has 0 amide bonds. The minimum absolute atomic E-state index is 0.839. The van der Waals surface area contributed by atoms with Crippen LogP contribution in [0.1, 0.15) is 0 Å². The molecule has 0 radical (unpaired) electrons. The second kappa shape index (κ2) is 17.6. The van der Waals surface area contributed by atoms with Gasteiger partial charge in [0, 0.05) is 55.1 Å². The van der Waals surface area contributed by atoms with Crippen molar-refractivity contribution in [1.82, 2.24) is 13.7 Å². The minimum Gasteiger partial charge on any atom is -0.456 e. The highest BCUT2D eigenvalue weighted by molar-refractivity contribution is 6.23. The molecule has 364 valence electrons. The topological polar surface area (TPSA) is 27.9 Å². The molecule has 0 N–H and O–H groups in total. The number of nitrogens with zero attached hydrogens (tertiary/aromatic N) is 3. The second-order valence-electron chi connectivity index (χ2n) is 20.5. The maximum Gasteiger partial charge on any atom is 0.137 e.